The highest BCUT2D eigenvalue weighted by Crippen LogP contribution is 2.25. The van der Waals surface area contributed by atoms with Crippen LogP contribution in [0.15, 0.2) is 18.2 Å². The van der Waals surface area contributed by atoms with Crippen LogP contribution >= 0.6 is 34.2 Å². The summed E-state index contributed by atoms with van der Waals surface area (Å²) in [5, 5.41) is 10.2. The number of nitrogens with zero attached hydrogens (tertiary/aromatic N) is 1. The van der Waals surface area contributed by atoms with Crippen LogP contribution in [0.3, 0.4) is 0 Å². The predicted molar refractivity (Wildman–Crippen MR) is 89.2 cm³/mol. The summed E-state index contributed by atoms with van der Waals surface area (Å²) in [6, 6.07) is 5.23. The van der Waals surface area contributed by atoms with E-state index in [-0.39, 0.29) is 17.5 Å². The van der Waals surface area contributed by atoms with Crippen LogP contribution in [-0.2, 0) is 0 Å². The maximum atomic E-state index is 12.2. The molecule has 0 fully saturated rings. The lowest BCUT2D eigenvalue weighted by Gasteiger charge is -2.07. The number of benzene rings is 1. The van der Waals surface area contributed by atoms with Gasteiger partial charge in [-0.3, -0.25) is 9.89 Å². The molecular weight excluding hydrogens is 391 g/mol. The number of rotatable bonds is 3. The molecule has 1 heterocycles. The van der Waals surface area contributed by atoms with Crippen molar-refractivity contribution in [3.8, 4) is 0 Å². The Bertz CT molecular complexity index is 654. The van der Waals surface area contributed by atoms with E-state index in [1.54, 1.807) is 18.2 Å². The molecule has 0 spiro atoms. The van der Waals surface area contributed by atoms with Gasteiger partial charge in [0.2, 0.25) is 0 Å². The third kappa shape index (κ3) is 3.06. The first kappa shape index (κ1) is 15.1. The minimum atomic E-state index is -0.342. The first-order valence-electron chi connectivity index (χ1n) is 6.00. The van der Waals surface area contributed by atoms with Crippen LogP contribution in [-0.4, -0.2) is 16.1 Å². The molecule has 7 heteroatoms. The fraction of sp³-hybridized carbons (Fsp3) is 0.231. The number of hydrogen-bond donors (Lipinski definition) is 3. The molecule has 0 aliphatic carbocycles. The first-order valence-corrected chi connectivity index (χ1v) is 7.46. The number of carbonyl (C=O) groups excluding carboxylic acids is 1. The van der Waals surface area contributed by atoms with Crippen LogP contribution in [0.2, 0.25) is 5.02 Å². The van der Waals surface area contributed by atoms with E-state index < -0.39 is 0 Å². The number of nitrogens with two attached hydrogens (primary N) is 1. The lowest BCUT2D eigenvalue weighted by atomic mass is 10.1. The Balaban J connectivity index is 2.24. The molecule has 106 valence electrons. The molecule has 0 atom stereocenters. The highest BCUT2D eigenvalue weighted by Gasteiger charge is 2.19. The van der Waals surface area contributed by atoms with Crippen molar-refractivity contribution >= 4 is 51.5 Å². The van der Waals surface area contributed by atoms with Gasteiger partial charge in [0, 0.05) is 8.59 Å². The van der Waals surface area contributed by atoms with E-state index in [4.69, 9.17) is 17.3 Å². The summed E-state index contributed by atoms with van der Waals surface area (Å²) in [4.78, 5) is 12.2. The van der Waals surface area contributed by atoms with Crippen molar-refractivity contribution in [1.29, 1.82) is 0 Å². The zero-order valence-electron chi connectivity index (χ0n) is 11.0. The summed E-state index contributed by atoms with van der Waals surface area (Å²) in [7, 11) is 0. The minimum absolute atomic E-state index is 0.180. The highest BCUT2D eigenvalue weighted by molar-refractivity contribution is 14.1. The van der Waals surface area contributed by atoms with Crippen molar-refractivity contribution in [2.75, 3.05) is 11.1 Å². The van der Waals surface area contributed by atoms with Crippen LogP contribution in [0.1, 0.15) is 35.9 Å². The maximum Gasteiger partial charge on any atom is 0.278 e. The zero-order valence-corrected chi connectivity index (χ0v) is 13.9. The Morgan fingerprint density at radius 3 is 2.75 bits per heavy atom. The van der Waals surface area contributed by atoms with Crippen molar-refractivity contribution in [1.82, 2.24) is 10.2 Å². The van der Waals surface area contributed by atoms with Crippen LogP contribution in [0.25, 0.3) is 0 Å². The van der Waals surface area contributed by atoms with Gasteiger partial charge in [-0.1, -0.05) is 25.4 Å². The topological polar surface area (TPSA) is 83.8 Å². The molecular formula is C13H14ClIN4O. The molecule has 0 aliphatic heterocycles. The summed E-state index contributed by atoms with van der Waals surface area (Å²) in [5.74, 6) is -0.161. The average Bonchev–Trinajstić information content (AvgIpc) is 2.74. The fourth-order valence-corrected chi connectivity index (χ4v) is 2.76. The summed E-state index contributed by atoms with van der Waals surface area (Å²) in [5.41, 5.74) is 7.98. The molecule has 5 nitrogen and oxygen atoms in total. The molecule has 2 aromatic rings. The van der Waals surface area contributed by atoms with Gasteiger partial charge in [0.15, 0.2) is 5.69 Å². The smallest absolute Gasteiger partial charge is 0.278 e. The number of anilines is 2. The molecule has 20 heavy (non-hydrogen) atoms. The number of amides is 1. The Labute approximate surface area is 135 Å². The van der Waals surface area contributed by atoms with E-state index in [1.165, 1.54) is 0 Å². The second-order valence-electron chi connectivity index (χ2n) is 4.63. The van der Waals surface area contributed by atoms with Gasteiger partial charge >= 0.3 is 0 Å². The molecule has 1 aromatic carbocycles. The Morgan fingerprint density at radius 2 is 2.20 bits per heavy atom. The molecule has 4 N–H and O–H groups in total. The second-order valence-corrected chi connectivity index (χ2v) is 6.23. The van der Waals surface area contributed by atoms with Gasteiger partial charge in [-0.15, -0.1) is 0 Å². The molecule has 1 amide bonds. The van der Waals surface area contributed by atoms with Crippen molar-refractivity contribution in [2.24, 2.45) is 0 Å². The number of nitrogens with one attached hydrogen (secondary N) is 2. The van der Waals surface area contributed by atoms with E-state index in [0.29, 0.717) is 16.4 Å². The highest BCUT2D eigenvalue weighted by atomic mass is 127. The molecule has 0 radical (unpaired) electrons. The van der Waals surface area contributed by atoms with Gasteiger partial charge in [0.25, 0.3) is 5.91 Å². The SMILES string of the molecule is CC(C)c1[nH]nc(C(=O)Nc2ccc(Cl)cc2I)c1N. The minimum Gasteiger partial charge on any atom is -0.395 e. The molecule has 0 saturated carbocycles. The third-order valence-electron chi connectivity index (χ3n) is 2.81. The summed E-state index contributed by atoms with van der Waals surface area (Å²) in [6.07, 6.45) is 0. The van der Waals surface area contributed by atoms with Gasteiger partial charge in [-0.2, -0.15) is 5.10 Å². The van der Waals surface area contributed by atoms with E-state index in [0.717, 1.165) is 9.26 Å². The van der Waals surface area contributed by atoms with Gasteiger partial charge in [0.1, 0.15) is 0 Å². The largest absolute Gasteiger partial charge is 0.395 e. The first-order chi connectivity index (χ1) is 9.40. The number of carbonyl (C=O) groups is 1. The summed E-state index contributed by atoms with van der Waals surface area (Å²) < 4.78 is 0.849. The van der Waals surface area contributed by atoms with E-state index in [1.807, 2.05) is 13.8 Å². The van der Waals surface area contributed by atoms with E-state index in [2.05, 4.69) is 38.1 Å². The van der Waals surface area contributed by atoms with Crippen molar-refractivity contribution in [2.45, 2.75) is 19.8 Å². The Hall–Kier alpha value is -1.28. The average molecular weight is 405 g/mol. The monoisotopic (exact) mass is 404 g/mol. The van der Waals surface area contributed by atoms with Gasteiger partial charge in [-0.25, -0.2) is 0 Å². The van der Waals surface area contributed by atoms with E-state index in [9.17, 15) is 4.79 Å². The zero-order chi connectivity index (χ0) is 14.9. The van der Waals surface area contributed by atoms with Crippen LogP contribution < -0.4 is 11.1 Å². The molecule has 0 unspecified atom stereocenters. The molecule has 0 aliphatic rings. The Kier molecular flexibility index (Phi) is 4.54. The van der Waals surface area contributed by atoms with Crippen LogP contribution in [0, 0.1) is 3.57 Å². The van der Waals surface area contributed by atoms with E-state index >= 15 is 0 Å². The second kappa shape index (κ2) is 6.01. The standard InChI is InChI=1S/C13H14ClIN4O/c1-6(2)11-10(16)12(19-18-11)13(20)17-9-4-3-7(14)5-8(9)15/h3-6H,16H2,1-2H3,(H,17,20)(H,18,19). The molecule has 0 bridgehead atoms. The van der Waals surface area contributed by atoms with Gasteiger partial charge in [0.05, 0.1) is 17.1 Å². The van der Waals surface area contributed by atoms with Crippen LogP contribution in [0.4, 0.5) is 11.4 Å². The maximum absolute atomic E-state index is 12.2. The van der Waals surface area contributed by atoms with Crippen LogP contribution in [0.5, 0.6) is 0 Å². The quantitative estimate of drug-likeness (QED) is 0.683. The third-order valence-corrected chi connectivity index (χ3v) is 3.93. The van der Waals surface area contributed by atoms with Crippen molar-refractivity contribution in [3.63, 3.8) is 0 Å². The number of aromatic amines is 1. The molecule has 0 saturated heterocycles. The summed E-state index contributed by atoms with van der Waals surface area (Å²) >= 11 is 7.98. The lowest BCUT2D eigenvalue weighted by molar-refractivity contribution is 0.102. The van der Waals surface area contributed by atoms with Crippen molar-refractivity contribution in [3.05, 3.63) is 38.2 Å². The normalized spacial score (nSPS) is 10.8. The predicted octanol–water partition coefficient (Wildman–Crippen LogP) is 3.63. The fourth-order valence-electron chi connectivity index (χ4n) is 1.75. The van der Waals surface area contributed by atoms with Gasteiger partial charge in [-0.05, 0) is 46.7 Å². The number of hydrogen-bond acceptors (Lipinski definition) is 3. The Morgan fingerprint density at radius 1 is 1.50 bits per heavy atom. The number of aromatic nitrogens is 2. The number of nitrogen functional groups attached to an aromatic ring is 1. The molecule has 2 rings (SSSR count). The number of halogens is 2. The number of H-pyrrole nitrogens is 1. The summed E-state index contributed by atoms with van der Waals surface area (Å²) in [6.45, 7) is 3.96. The lowest BCUT2D eigenvalue weighted by Crippen LogP contribution is -2.15. The van der Waals surface area contributed by atoms with Crippen molar-refractivity contribution < 1.29 is 4.79 Å². The molecule has 1 aromatic heterocycles. The van der Waals surface area contributed by atoms with Gasteiger partial charge < -0.3 is 11.1 Å².